The number of amides is 3. The first-order valence-corrected chi connectivity index (χ1v) is 8.37. The standard InChI is InChI=1S/C20H18FN3O2/c1-12-7-9-13(10-8-12)24-11-16-17(19(24)25)18(22-20(26)23(16)2)14-5-3-4-6-15(14)21/h3-10,18H,11H2,1-2H3,(H,22,26). The molecule has 132 valence electrons. The molecule has 0 spiro atoms. The molecule has 2 aliphatic heterocycles. The van der Waals surface area contributed by atoms with Gasteiger partial charge in [0.25, 0.3) is 5.91 Å². The van der Waals surface area contributed by atoms with Gasteiger partial charge in [-0.25, -0.2) is 9.18 Å². The molecule has 26 heavy (non-hydrogen) atoms. The van der Waals surface area contributed by atoms with E-state index in [1.54, 1.807) is 30.1 Å². The Balaban J connectivity index is 1.78. The Morgan fingerprint density at radius 1 is 1.08 bits per heavy atom. The Morgan fingerprint density at radius 3 is 2.46 bits per heavy atom. The van der Waals surface area contributed by atoms with E-state index in [2.05, 4.69) is 5.32 Å². The molecule has 0 saturated carbocycles. The van der Waals surface area contributed by atoms with Crippen LogP contribution in [0.1, 0.15) is 17.2 Å². The summed E-state index contributed by atoms with van der Waals surface area (Å²) < 4.78 is 14.3. The summed E-state index contributed by atoms with van der Waals surface area (Å²) in [5.74, 6) is -0.667. The molecule has 4 rings (SSSR count). The summed E-state index contributed by atoms with van der Waals surface area (Å²) in [5, 5.41) is 2.75. The van der Waals surface area contributed by atoms with Gasteiger partial charge < -0.3 is 10.2 Å². The van der Waals surface area contributed by atoms with E-state index in [1.165, 1.54) is 11.0 Å². The molecule has 6 heteroatoms. The maximum Gasteiger partial charge on any atom is 0.322 e. The van der Waals surface area contributed by atoms with Gasteiger partial charge in [-0.05, 0) is 25.1 Å². The highest BCUT2D eigenvalue weighted by Crippen LogP contribution is 2.38. The Morgan fingerprint density at radius 2 is 1.77 bits per heavy atom. The van der Waals surface area contributed by atoms with E-state index in [9.17, 15) is 14.0 Å². The summed E-state index contributed by atoms with van der Waals surface area (Å²) in [6.45, 7) is 2.26. The summed E-state index contributed by atoms with van der Waals surface area (Å²) in [6, 6.07) is 12.7. The van der Waals surface area contributed by atoms with Gasteiger partial charge in [0.1, 0.15) is 5.82 Å². The Labute approximate surface area is 150 Å². The van der Waals surface area contributed by atoms with Crippen LogP contribution in [0.3, 0.4) is 0 Å². The lowest BCUT2D eigenvalue weighted by Gasteiger charge is -2.31. The third-order valence-corrected chi connectivity index (χ3v) is 4.92. The van der Waals surface area contributed by atoms with Crippen LogP contribution in [-0.4, -0.2) is 30.4 Å². The van der Waals surface area contributed by atoms with Crippen molar-refractivity contribution in [2.45, 2.75) is 13.0 Å². The fraction of sp³-hybridized carbons (Fsp3) is 0.200. The number of anilines is 1. The molecule has 0 bridgehead atoms. The second-order valence-electron chi connectivity index (χ2n) is 6.55. The molecule has 1 N–H and O–H groups in total. The number of likely N-dealkylation sites (N-methyl/N-ethyl adjacent to an activating group) is 1. The molecule has 0 aliphatic carbocycles. The summed E-state index contributed by atoms with van der Waals surface area (Å²) in [5.41, 5.74) is 3.16. The van der Waals surface area contributed by atoms with Crippen LogP contribution in [0.25, 0.3) is 0 Å². The maximum atomic E-state index is 14.3. The number of carbonyl (C=O) groups is 2. The SMILES string of the molecule is Cc1ccc(N2CC3=C(C2=O)C(c2ccccc2F)NC(=O)N3C)cc1. The lowest BCUT2D eigenvalue weighted by molar-refractivity contribution is -0.114. The van der Waals surface area contributed by atoms with Crippen LogP contribution >= 0.6 is 0 Å². The number of hydrogen-bond donors (Lipinski definition) is 1. The van der Waals surface area contributed by atoms with Crippen LogP contribution in [0.5, 0.6) is 0 Å². The zero-order chi connectivity index (χ0) is 18.4. The lowest BCUT2D eigenvalue weighted by Crippen LogP contribution is -2.45. The van der Waals surface area contributed by atoms with Crippen molar-refractivity contribution in [3.63, 3.8) is 0 Å². The van der Waals surface area contributed by atoms with E-state index < -0.39 is 11.9 Å². The smallest absolute Gasteiger partial charge is 0.322 e. The van der Waals surface area contributed by atoms with Crippen molar-refractivity contribution in [3.8, 4) is 0 Å². The Bertz CT molecular complexity index is 936. The molecule has 2 aromatic carbocycles. The third kappa shape index (κ3) is 2.45. The zero-order valence-electron chi connectivity index (χ0n) is 14.5. The van der Waals surface area contributed by atoms with E-state index in [0.29, 0.717) is 16.8 Å². The van der Waals surface area contributed by atoms with Gasteiger partial charge in [-0.3, -0.25) is 9.69 Å². The molecule has 1 atom stereocenters. The van der Waals surface area contributed by atoms with Crippen LogP contribution in [0.2, 0.25) is 0 Å². The van der Waals surface area contributed by atoms with E-state index in [0.717, 1.165) is 11.3 Å². The minimum atomic E-state index is -0.794. The van der Waals surface area contributed by atoms with Gasteiger partial charge in [-0.15, -0.1) is 0 Å². The van der Waals surface area contributed by atoms with Crippen LogP contribution in [-0.2, 0) is 4.79 Å². The highest BCUT2D eigenvalue weighted by atomic mass is 19.1. The van der Waals surface area contributed by atoms with Crippen molar-refractivity contribution in [3.05, 3.63) is 76.7 Å². The average molecular weight is 351 g/mol. The lowest BCUT2D eigenvalue weighted by atomic mass is 9.95. The van der Waals surface area contributed by atoms with Gasteiger partial charge >= 0.3 is 6.03 Å². The van der Waals surface area contributed by atoms with E-state index in [1.807, 2.05) is 31.2 Å². The molecule has 0 aromatic heterocycles. The number of benzene rings is 2. The second-order valence-corrected chi connectivity index (χ2v) is 6.55. The number of nitrogens with one attached hydrogen (secondary N) is 1. The first kappa shape index (κ1) is 16.3. The zero-order valence-corrected chi connectivity index (χ0v) is 14.5. The summed E-state index contributed by atoms with van der Waals surface area (Å²) in [7, 11) is 1.62. The van der Waals surface area contributed by atoms with E-state index in [-0.39, 0.29) is 18.5 Å². The Kier molecular flexibility index (Phi) is 3.76. The molecular weight excluding hydrogens is 333 g/mol. The molecule has 2 aromatic rings. The maximum absolute atomic E-state index is 14.3. The number of carbonyl (C=O) groups excluding carboxylic acids is 2. The quantitative estimate of drug-likeness (QED) is 0.904. The van der Waals surface area contributed by atoms with Gasteiger partial charge in [0.05, 0.1) is 23.9 Å². The van der Waals surface area contributed by atoms with Gasteiger partial charge in [0.15, 0.2) is 0 Å². The van der Waals surface area contributed by atoms with Crippen LogP contribution in [0.4, 0.5) is 14.9 Å². The topological polar surface area (TPSA) is 52.7 Å². The number of rotatable bonds is 2. The predicted molar refractivity (Wildman–Crippen MR) is 96.0 cm³/mol. The Hall–Kier alpha value is -3.15. The summed E-state index contributed by atoms with van der Waals surface area (Å²) in [4.78, 5) is 28.5. The van der Waals surface area contributed by atoms with Crippen LogP contribution in [0.15, 0.2) is 59.8 Å². The van der Waals surface area contributed by atoms with Gasteiger partial charge in [0, 0.05) is 18.3 Å². The third-order valence-electron chi connectivity index (χ3n) is 4.92. The molecule has 1 unspecified atom stereocenters. The van der Waals surface area contributed by atoms with E-state index >= 15 is 0 Å². The number of urea groups is 1. The van der Waals surface area contributed by atoms with Crippen molar-refractivity contribution in [1.29, 1.82) is 0 Å². The molecule has 0 fully saturated rings. The molecule has 2 heterocycles. The molecule has 0 radical (unpaired) electrons. The highest BCUT2D eigenvalue weighted by Gasteiger charge is 2.43. The normalized spacial score (nSPS) is 19.7. The van der Waals surface area contributed by atoms with Crippen molar-refractivity contribution in [1.82, 2.24) is 10.2 Å². The largest absolute Gasteiger partial charge is 0.326 e. The van der Waals surface area contributed by atoms with Gasteiger partial charge in [-0.2, -0.15) is 0 Å². The predicted octanol–water partition coefficient (Wildman–Crippen LogP) is 3.13. The van der Waals surface area contributed by atoms with Crippen molar-refractivity contribution in [2.24, 2.45) is 0 Å². The van der Waals surface area contributed by atoms with E-state index in [4.69, 9.17) is 0 Å². The minimum Gasteiger partial charge on any atom is -0.326 e. The molecule has 2 aliphatic rings. The van der Waals surface area contributed by atoms with Crippen molar-refractivity contribution in [2.75, 3.05) is 18.5 Å². The van der Waals surface area contributed by atoms with Gasteiger partial charge in [0.2, 0.25) is 0 Å². The number of halogens is 1. The van der Waals surface area contributed by atoms with Crippen LogP contribution < -0.4 is 10.2 Å². The van der Waals surface area contributed by atoms with Crippen molar-refractivity contribution >= 4 is 17.6 Å². The van der Waals surface area contributed by atoms with Crippen molar-refractivity contribution < 1.29 is 14.0 Å². The molecule has 0 saturated heterocycles. The average Bonchev–Trinajstić information content (AvgIpc) is 2.97. The second kappa shape index (κ2) is 5.98. The minimum absolute atomic E-state index is 0.219. The molecule has 3 amide bonds. The monoisotopic (exact) mass is 351 g/mol. The first-order valence-electron chi connectivity index (χ1n) is 8.37. The summed E-state index contributed by atoms with van der Waals surface area (Å²) >= 11 is 0. The molecule has 5 nitrogen and oxygen atoms in total. The molecular formula is C20H18FN3O2. The number of hydrogen-bond acceptors (Lipinski definition) is 2. The van der Waals surface area contributed by atoms with Gasteiger partial charge in [-0.1, -0.05) is 35.9 Å². The fourth-order valence-electron chi connectivity index (χ4n) is 3.44. The summed E-state index contributed by atoms with van der Waals surface area (Å²) in [6.07, 6.45) is 0. The number of aryl methyl sites for hydroxylation is 1. The first-order chi connectivity index (χ1) is 12.5. The van der Waals surface area contributed by atoms with Crippen LogP contribution in [0, 0.1) is 12.7 Å². The fourth-order valence-corrected chi connectivity index (χ4v) is 3.44. The number of nitrogens with zero attached hydrogens (tertiary/aromatic N) is 2. The highest BCUT2D eigenvalue weighted by molar-refractivity contribution is 6.11.